The van der Waals surface area contributed by atoms with E-state index in [-0.39, 0.29) is 30.7 Å². The first-order valence-corrected chi connectivity index (χ1v) is 9.49. The molecule has 0 aromatic carbocycles. The van der Waals surface area contributed by atoms with E-state index in [0.717, 1.165) is 38.7 Å². The zero-order chi connectivity index (χ0) is 16.8. The largest absolute Gasteiger partial charge is 0.389 e. The molecule has 0 saturated carbocycles. The molecule has 6 atom stereocenters. The molecule has 3 aliphatic rings. The van der Waals surface area contributed by atoms with Gasteiger partial charge in [-0.1, -0.05) is 31.6 Å². The number of ether oxygens (including phenoxy) is 4. The minimum Gasteiger partial charge on any atom is -0.389 e. The standard InChI is InChI=1S/C19H30O5/c1-2-3-4-7-15(23-17-8-5-6-11-21-17)10-9-14-12-18-22-13-16(24-18)19(14)20/h14-20H,2-8,11-13H2,1H3/t14-,15-,16+,17?,18+,19+/m0/s1. The molecule has 3 fully saturated rings. The van der Waals surface area contributed by atoms with Gasteiger partial charge in [0.05, 0.1) is 18.6 Å². The summed E-state index contributed by atoms with van der Waals surface area (Å²) in [6, 6.07) is 0. The highest BCUT2D eigenvalue weighted by molar-refractivity contribution is 5.12. The minimum absolute atomic E-state index is 0.0965. The number of aliphatic hydroxyl groups is 1. The van der Waals surface area contributed by atoms with Gasteiger partial charge in [-0.05, 0) is 32.1 Å². The third-order valence-corrected chi connectivity index (χ3v) is 4.97. The van der Waals surface area contributed by atoms with E-state index in [1.165, 1.54) is 12.8 Å². The molecule has 0 spiro atoms. The number of hydrogen-bond acceptors (Lipinski definition) is 5. The van der Waals surface area contributed by atoms with Crippen LogP contribution in [0.5, 0.6) is 0 Å². The SMILES string of the molecule is CCCCC[C@@H](C#C[C@H]1C[C@@H]2OC[C@@H](O2)[C@@H]1O)OC1CCCCO1. The van der Waals surface area contributed by atoms with E-state index in [1.54, 1.807) is 0 Å². The van der Waals surface area contributed by atoms with Crippen LogP contribution in [0.2, 0.25) is 0 Å². The maximum atomic E-state index is 10.3. The summed E-state index contributed by atoms with van der Waals surface area (Å²) in [6.45, 7) is 3.44. The van der Waals surface area contributed by atoms with Crippen LogP contribution < -0.4 is 0 Å². The molecule has 24 heavy (non-hydrogen) atoms. The molecule has 5 nitrogen and oxygen atoms in total. The number of unbranched alkanes of at least 4 members (excludes halogenated alkanes) is 2. The molecule has 0 amide bonds. The molecule has 3 heterocycles. The van der Waals surface area contributed by atoms with Crippen molar-refractivity contribution >= 4 is 0 Å². The Morgan fingerprint density at radius 1 is 1.25 bits per heavy atom. The quantitative estimate of drug-likeness (QED) is 0.596. The third kappa shape index (κ3) is 4.93. The van der Waals surface area contributed by atoms with Gasteiger partial charge in [0, 0.05) is 13.0 Å². The molecule has 3 rings (SSSR count). The summed E-state index contributed by atoms with van der Waals surface area (Å²) in [4.78, 5) is 0. The fourth-order valence-corrected chi connectivity index (χ4v) is 3.48. The molecule has 0 radical (unpaired) electrons. The second kappa shape index (κ2) is 9.17. The first kappa shape index (κ1) is 18.2. The van der Waals surface area contributed by atoms with Gasteiger partial charge >= 0.3 is 0 Å². The van der Waals surface area contributed by atoms with E-state index in [9.17, 15) is 5.11 Å². The van der Waals surface area contributed by atoms with Crippen molar-refractivity contribution in [3.05, 3.63) is 0 Å². The van der Waals surface area contributed by atoms with Crippen LogP contribution in [-0.2, 0) is 18.9 Å². The summed E-state index contributed by atoms with van der Waals surface area (Å²) >= 11 is 0. The smallest absolute Gasteiger partial charge is 0.159 e. The summed E-state index contributed by atoms with van der Waals surface area (Å²) < 4.78 is 22.8. The Labute approximate surface area is 145 Å². The van der Waals surface area contributed by atoms with Gasteiger partial charge in [-0.3, -0.25) is 0 Å². The Balaban J connectivity index is 1.57. The highest BCUT2D eigenvalue weighted by atomic mass is 16.7. The van der Waals surface area contributed by atoms with Crippen LogP contribution >= 0.6 is 0 Å². The van der Waals surface area contributed by atoms with E-state index in [0.29, 0.717) is 13.0 Å². The summed E-state index contributed by atoms with van der Waals surface area (Å²) in [5, 5.41) is 10.3. The van der Waals surface area contributed by atoms with Gasteiger partial charge in [-0.15, -0.1) is 0 Å². The van der Waals surface area contributed by atoms with Crippen LogP contribution in [0.25, 0.3) is 0 Å². The number of aliphatic hydroxyl groups excluding tert-OH is 1. The van der Waals surface area contributed by atoms with Crippen molar-refractivity contribution in [2.24, 2.45) is 5.92 Å². The van der Waals surface area contributed by atoms with Crippen LogP contribution in [0.3, 0.4) is 0 Å². The second-order valence-corrected chi connectivity index (χ2v) is 6.98. The van der Waals surface area contributed by atoms with E-state index in [2.05, 4.69) is 18.8 Å². The Morgan fingerprint density at radius 3 is 2.96 bits per heavy atom. The molecule has 3 saturated heterocycles. The van der Waals surface area contributed by atoms with Crippen molar-refractivity contribution < 1.29 is 24.1 Å². The van der Waals surface area contributed by atoms with Crippen molar-refractivity contribution in [1.29, 1.82) is 0 Å². The molecular weight excluding hydrogens is 308 g/mol. The lowest BCUT2D eigenvalue weighted by Gasteiger charge is -2.29. The van der Waals surface area contributed by atoms with Gasteiger partial charge in [-0.2, -0.15) is 0 Å². The summed E-state index contributed by atoms with van der Waals surface area (Å²) in [5.74, 6) is 6.42. The van der Waals surface area contributed by atoms with Crippen LogP contribution in [-0.4, -0.2) is 49.2 Å². The first-order chi connectivity index (χ1) is 11.8. The molecule has 5 heteroatoms. The highest BCUT2D eigenvalue weighted by Crippen LogP contribution is 2.31. The number of rotatable bonds is 6. The lowest BCUT2D eigenvalue weighted by molar-refractivity contribution is -0.177. The van der Waals surface area contributed by atoms with Gasteiger partial charge in [0.1, 0.15) is 12.2 Å². The summed E-state index contributed by atoms with van der Waals surface area (Å²) in [7, 11) is 0. The lowest BCUT2D eigenvalue weighted by Crippen LogP contribution is -2.40. The van der Waals surface area contributed by atoms with Crippen LogP contribution in [0, 0.1) is 17.8 Å². The normalized spacial score (nSPS) is 36.8. The highest BCUT2D eigenvalue weighted by Gasteiger charge is 2.42. The van der Waals surface area contributed by atoms with Crippen molar-refractivity contribution in [3.8, 4) is 11.8 Å². The van der Waals surface area contributed by atoms with Crippen LogP contribution in [0.4, 0.5) is 0 Å². The van der Waals surface area contributed by atoms with Gasteiger partial charge in [0.25, 0.3) is 0 Å². The summed E-state index contributed by atoms with van der Waals surface area (Å²) in [5.41, 5.74) is 0. The third-order valence-electron chi connectivity index (χ3n) is 4.97. The molecule has 0 aliphatic carbocycles. The molecule has 3 aliphatic heterocycles. The van der Waals surface area contributed by atoms with Crippen molar-refractivity contribution in [2.75, 3.05) is 13.2 Å². The zero-order valence-corrected chi connectivity index (χ0v) is 14.6. The molecule has 1 N–H and O–H groups in total. The fraction of sp³-hybridized carbons (Fsp3) is 0.895. The average Bonchev–Trinajstić information content (AvgIpc) is 3.01. The van der Waals surface area contributed by atoms with Gasteiger partial charge < -0.3 is 24.1 Å². The van der Waals surface area contributed by atoms with Crippen molar-refractivity contribution in [1.82, 2.24) is 0 Å². The average molecular weight is 338 g/mol. The van der Waals surface area contributed by atoms with E-state index >= 15 is 0 Å². The molecule has 1 unspecified atom stereocenters. The first-order valence-electron chi connectivity index (χ1n) is 9.49. The Hall–Kier alpha value is -0.640. The lowest BCUT2D eigenvalue weighted by atomic mass is 9.93. The molecular formula is C19H30O5. The maximum Gasteiger partial charge on any atom is 0.159 e. The van der Waals surface area contributed by atoms with E-state index in [4.69, 9.17) is 18.9 Å². The molecule has 136 valence electrons. The topological polar surface area (TPSA) is 57.2 Å². The fourth-order valence-electron chi connectivity index (χ4n) is 3.48. The van der Waals surface area contributed by atoms with Crippen LogP contribution in [0.1, 0.15) is 58.3 Å². The van der Waals surface area contributed by atoms with Gasteiger partial charge in [0.2, 0.25) is 0 Å². The number of fused-ring (bicyclic) bond motifs is 2. The Bertz CT molecular complexity index is 437. The number of hydrogen-bond donors (Lipinski definition) is 1. The van der Waals surface area contributed by atoms with Crippen molar-refractivity contribution in [3.63, 3.8) is 0 Å². The predicted molar refractivity (Wildman–Crippen MR) is 89.1 cm³/mol. The zero-order valence-electron chi connectivity index (χ0n) is 14.6. The Morgan fingerprint density at radius 2 is 2.17 bits per heavy atom. The molecule has 2 bridgehead atoms. The molecule has 0 aromatic rings. The monoisotopic (exact) mass is 338 g/mol. The maximum absolute atomic E-state index is 10.3. The Kier molecular flexibility index (Phi) is 6.94. The summed E-state index contributed by atoms with van der Waals surface area (Å²) in [6.07, 6.45) is 6.98. The minimum atomic E-state index is -0.571. The van der Waals surface area contributed by atoms with Gasteiger partial charge in [-0.25, -0.2) is 0 Å². The predicted octanol–water partition coefficient (Wildman–Crippen LogP) is 2.60. The second-order valence-electron chi connectivity index (χ2n) is 6.98. The van der Waals surface area contributed by atoms with Gasteiger partial charge in [0.15, 0.2) is 12.6 Å². The van der Waals surface area contributed by atoms with Crippen LogP contribution in [0.15, 0.2) is 0 Å². The van der Waals surface area contributed by atoms with Crippen molar-refractivity contribution in [2.45, 2.75) is 89.2 Å². The van der Waals surface area contributed by atoms with E-state index < -0.39 is 6.10 Å². The molecule has 0 aromatic heterocycles. The van der Waals surface area contributed by atoms with E-state index in [1.807, 2.05) is 0 Å².